The van der Waals surface area contributed by atoms with Crippen LogP contribution in [-0.2, 0) is 4.74 Å². The zero-order chi connectivity index (χ0) is 22.9. The monoisotopic (exact) mass is 503 g/mol. The van der Waals surface area contributed by atoms with Gasteiger partial charge in [0.2, 0.25) is 0 Å². The molecule has 3 heterocycles. The molecule has 9 heteroatoms. The van der Waals surface area contributed by atoms with Crippen molar-refractivity contribution in [1.29, 1.82) is 0 Å². The van der Waals surface area contributed by atoms with Crippen molar-refractivity contribution >= 4 is 50.1 Å². The van der Waals surface area contributed by atoms with Crippen LogP contribution in [0.25, 0.3) is 11.0 Å². The van der Waals surface area contributed by atoms with E-state index in [9.17, 15) is 9.18 Å². The number of halogens is 2. The molecule has 4 rings (SSSR count). The molecular weight excluding hydrogens is 477 g/mol. The van der Waals surface area contributed by atoms with Crippen molar-refractivity contribution in [3.63, 3.8) is 0 Å². The number of benzene rings is 1. The van der Waals surface area contributed by atoms with E-state index in [1.165, 1.54) is 12.1 Å². The lowest BCUT2D eigenvalue weighted by molar-refractivity contribution is 0.0500. The van der Waals surface area contributed by atoms with E-state index in [0.717, 1.165) is 46.3 Å². The Balaban J connectivity index is 1.61. The summed E-state index contributed by atoms with van der Waals surface area (Å²) in [5.74, 6) is -0.304. The fourth-order valence-corrected chi connectivity index (χ4v) is 4.51. The van der Waals surface area contributed by atoms with Crippen LogP contribution in [-0.4, -0.2) is 40.8 Å². The number of fused-ring (bicyclic) bond motifs is 1. The predicted octanol–water partition coefficient (Wildman–Crippen LogP) is 5.70. The zero-order valence-electron chi connectivity index (χ0n) is 18.3. The lowest BCUT2D eigenvalue weighted by atomic mass is 10.0. The van der Waals surface area contributed by atoms with Gasteiger partial charge in [0.05, 0.1) is 21.2 Å². The summed E-state index contributed by atoms with van der Waals surface area (Å²) in [5.41, 5.74) is 2.62. The molecule has 0 aliphatic carbocycles. The van der Waals surface area contributed by atoms with Crippen LogP contribution in [0.15, 0.2) is 41.1 Å². The normalized spacial score (nSPS) is 16.8. The Morgan fingerprint density at radius 1 is 1.38 bits per heavy atom. The number of aromatic nitrogens is 2. The minimum Gasteiger partial charge on any atom is -0.444 e. The van der Waals surface area contributed by atoms with Crippen molar-refractivity contribution in [1.82, 2.24) is 15.3 Å². The van der Waals surface area contributed by atoms with Crippen molar-refractivity contribution in [3.05, 3.63) is 46.9 Å². The lowest BCUT2D eigenvalue weighted by Crippen LogP contribution is -2.49. The van der Waals surface area contributed by atoms with Crippen molar-refractivity contribution in [2.24, 2.45) is 0 Å². The summed E-state index contributed by atoms with van der Waals surface area (Å²) in [5, 5.41) is 7.20. The molecule has 1 aliphatic heterocycles. The van der Waals surface area contributed by atoms with Crippen LogP contribution in [0.2, 0.25) is 0 Å². The molecule has 2 aromatic heterocycles. The molecule has 7 nitrogen and oxygen atoms in total. The molecule has 1 amide bonds. The molecule has 0 radical (unpaired) electrons. The lowest BCUT2D eigenvalue weighted by Gasteiger charge is -2.36. The number of alkyl carbamates (subject to hydrolysis) is 1. The summed E-state index contributed by atoms with van der Waals surface area (Å²) >= 11 is 3.66. The van der Waals surface area contributed by atoms with Crippen molar-refractivity contribution in [2.45, 2.75) is 45.3 Å². The average Bonchev–Trinajstić information content (AvgIpc) is 3.09. The molecule has 1 fully saturated rings. The topological polar surface area (TPSA) is 82.3 Å². The largest absolute Gasteiger partial charge is 0.444 e. The van der Waals surface area contributed by atoms with Crippen LogP contribution in [0.1, 0.15) is 33.6 Å². The van der Waals surface area contributed by atoms with Gasteiger partial charge in [0.1, 0.15) is 17.1 Å². The molecule has 1 saturated heterocycles. The number of nitrogens with zero attached hydrogens (tertiary/aromatic N) is 2. The highest BCUT2D eigenvalue weighted by Gasteiger charge is 2.27. The molecule has 1 atom stereocenters. The van der Waals surface area contributed by atoms with Gasteiger partial charge in [0.25, 0.3) is 0 Å². The first-order valence-corrected chi connectivity index (χ1v) is 11.4. The van der Waals surface area contributed by atoms with E-state index in [4.69, 9.17) is 4.74 Å². The van der Waals surface area contributed by atoms with Crippen LogP contribution in [0, 0.1) is 5.82 Å². The van der Waals surface area contributed by atoms with Gasteiger partial charge in [0, 0.05) is 37.2 Å². The van der Waals surface area contributed by atoms with Gasteiger partial charge in [0.15, 0.2) is 0 Å². The minimum absolute atomic E-state index is 0.0349. The first-order valence-electron chi connectivity index (χ1n) is 10.6. The van der Waals surface area contributed by atoms with Crippen molar-refractivity contribution in [3.8, 4) is 0 Å². The van der Waals surface area contributed by atoms with E-state index in [1.807, 2.05) is 33.0 Å². The number of aromatic amines is 1. The number of H-pyrrole nitrogens is 1. The highest BCUT2D eigenvalue weighted by Crippen LogP contribution is 2.39. The second-order valence-corrected chi connectivity index (χ2v) is 9.80. The number of ether oxygens (including phenoxy) is 1. The number of anilines is 3. The smallest absolute Gasteiger partial charge is 0.407 e. The molecule has 0 bridgehead atoms. The third kappa shape index (κ3) is 5.15. The third-order valence-electron chi connectivity index (χ3n) is 5.19. The van der Waals surface area contributed by atoms with Gasteiger partial charge in [-0.1, -0.05) is 6.07 Å². The number of amides is 1. The van der Waals surface area contributed by atoms with Gasteiger partial charge in [-0.15, -0.1) is 0 Å². The molecule has 0 saturated carbocycles. The molecule has 3 N–H and O–H groups in total. The van der Waals surface area contributed by atoms with Crippen molar-refractivity contribution in [2.75, 3.05) is 23.3 Å². The Morgan fingerprint density at radius 2 is 2.19 bits per heavy atom. The molecule has 1 aliphatic rings. The average molecular weight is 504 g/mol. The summed E-state index contributed by atoms with van der Waals surface area (Å²) in [6, 6.07) is 6.31. The van der Waals surface area contributed by atoms with E-state index in [-0.39, 0.29) is 11.9 Å². The summed E-state index contributed by atoms with van der Waals surface area (Å²) in [6.45, 7) is 7.03. The van der Waals surface area contributed by atoms with Crippen LogP contribution >= 0.6 is 15.9 Å². The van der Waals surface area contributed by atoms with Gasteiger partial charge in [-0.25, -0.2) is 14.2 Å². The second-order valence-electron chi connectivity index (χ2n) is 8.95. The quantitative estimate of drug-likeness (QED) is 0.425. The summed E-state index contributed by atoms with van der Waals surface area (Å²) in [7, 11) is 0. The molecule has 3 aromatic rings. The van der Waals surface area contributed by atoms with E-state index in [2.05, 4.69) is 41.4 Å². The first kappa shape index (κ1) is 22.4. The van der Waals surface area contributed by atoms with Crippen LogP contribution in [0.5, 0.6) is 0 Å². The Bertz CT molecular complexity index is 1130. The number of pyridine rings is 1. The molecule has 1 aromatic carbocycles. The summed E-state index contributed by atoms with van der Waals surface area (Å²) < 4.78 is 19.9. The van der Waals surface area contributed by atoms with Gasteiger partial charge in [-0.2, -0.15) is 0 Å². The maximum Gasteiger partial charge on any atom is 0.407 e. The highest BCUT2D eigenvalue weighted by atomic mass is 79.9. The second kappa shape index (κ2) is 8.97. The number of hydrogen-bond donors (Lipinski definition) is 3. The van der Waals surface area contributed by atoms with Gasteiger partial charge >= 0.3 is 6.09 Å². The third-order valence-corrected chi connectivity index (χ3v) is 5.77. The van der Waals surface area contributed by atoms with Gasteiger partial charge in [-0.3, -0.25) is 0 Å². The standard InChI is InChI=1S/C23H27BrFN5O2/c1-23(2,3)32-22(31)29-16-8-5-9-30(13-16)20-17(24)11-26-21-19(20)18(12-27-21)28-15-7-4-6-14(25)10-15/h4,6-7,10-12,16,28H,5,8-9,13H2,1-3H3,(H,26,27)(H,29,31)/t16-/m1/s1. The molecule has 32 heavy (non-hydrogen) atoms. The Kier molecular flexibility index (Phi) is 6.28. The maximum atomic E-state index is 13.7. The van der Waals surface area contributed by atoms with E-state index < -0.39 is 11.7 Å². The van der Waals surface area contributed by atoms with E-state index in [1.54, 1.807) is 12.3 Å². The van der Waals surface area contributed by atoms with Gasteiger partial charge < -0.3 is 25.3 Å². The highest BCUT2D eigenvalue weighted by molar-refractivity contribution is 9.10. The fraction of sp³-hybridized carbons (Fsp3) is 0.391. The molecule has 0 unspecified atom stereocenters. The Labute approximate surface area is 194 Å². The van der Waals surface area contributed by atoms with Gasteiger partial charge in [-0.05, 0) is 67.7 Å². The fourth-order valence-electron chi connectivity index (χ4n) is 3.96. The summed E-state index contributed by atoms with van der Waals surface area (Å²) in [6.07, 6.45) is 5.00. The number of carbonyl (C=O) groups is 1. The molecule has 0 spiro atoms. The molecule has 170 valence electrons. The predicted molar refractivity (Wildman–Crippen MR) is 128 cm³/mol. The minimum atomic E-state index is -0.540. The van der Waals surface area contributed by atoms with Crippen LogP contribution in [0.4, 0.5) is 26.2 Å². The molecular formula is C23H27BrFN5O2. The number of nitrogens with one attached hydrogen (secondary N) is 3. The van der Waals surface area contributed by atoms with E-state index in [0.29, 0.717) is 12.2 Å². The zero-order valence-corrected chi connectivity index (χ0v) is 19.9. The number of piperidine rings is 1. The Hall–Kier alpha value is -2.81. The van der Waals surface area contributed by atoms with Crippen LogP contribution in [0.3, 0.4) is 0 Å². The van der Waals surface area contributed by atoms with Crippen LogP contribution < -0.4 is 15.5 Å². The first-order chi connectivity index (χ1) is 15.2. The van der Waals surface area contributed by atoms with E-state index >= 15 is 0 Å². The van der Waals surface area contributed by atoms with Crippen molar-refractivity contribution < 1.29 is 13.9 Å². The Morgan fingerprint density at radius 3 is 2.94 bits per heavy atom. The number of carbonyl (C=O) groups excluding carboxylic acids is 1. The number of rotatable bonds is 4. The number of hydrogen-bond acceptors (Lipinski definition) is 5. The summed E-state index contributed by atoms with van der Waals surface area (Å²) in [4.78, 5) is 22.2. The maximum absolute atomic E-state index is 13.7. The SMILES string of the molecule is CC(C)(C)OC(=O)N[C@@H]1CCCN(c2c(Br)cnc3[nH]cc(Nc4cccc(F)c4)c23)C1.